The predicted molar refractivity (Wildman–Crippen MR) is 51.3 cm³/mol. The van der Waals surface area contributed by atoms with Gasteiger partial charge in [-0.05, 0) is 11.6 Å². The van der Waals surface area contributed by atoms with Crippen LogP contribution in [0, 0.1) is 0 Å². The van der Waals surface area contributed by atoms with Gasteiger partial charge in [0.1, 0.15) is 0 Å². The minimum absolute atomic E-state index is 0.238. The third-order valence-corrected chi connectivity index (χ3v) is 1.30. The molecule has 3 heteroatoms. The zero-order valence-corrected chi connectivity index (χ0v) is 8.28. The molecule has 0 aliphatic rings. The first-order valence-corrected chi connectivity index (χ1v) is 4.28. The second kappa shape index (κ2) is 7.28. The summed E-state index contributed by atoms with van der Waals surface area (Å²) in [5, 5.41) is 0. The molecule has 1 aromatic rings. The summed E-state index contributed by atoms with van der Waals surface area (Å²) in [5.41, 5.74) is 0.874. The third-order valence-electron chi connectivity index (χ3n) is 1.30. The van der Waals surface area contributed by atoms with Crippen molar-refractivity contribution >= 4 is 5.97 Å². The summed E-state index contributed by atoms with van der Waals surface area (Å²) < 4.78 is 4.49. The Kier molecular flexibility index (Phi) is 6.51. The number of rotatable bonds is 2. The number of carbonyl (C=O) groups is 1. The highest BCUT2D eigenvalue weighted by molar-refractivity contribution is 5.72. The molecule has 0 bridgehead atoms. The molecule has 0 N–H and O–H groups in total. The van der Waals surface area contributed by atoms with Gasteiger partial charge in [-0.15, -0.1) is 0 Å². The number of pyridine rings is 1. The number of esters is 1. The standard InChI is InChI=1S/C8H9NO2.C2H6/c1-11-8(10)5-7-3-2-4-9-6-7;1-2/h2-4,6H,5H2,1H3;1-2H3. The topological polar surface area (TPSA) is 39.2 Å². The van der Waals surface area contributed by atoms with Gasteiger partial charge in [-0.2, -0.15) is 0 Å². The number of aromatic nitrogens is 1. The summed E-state index contributed by atoms with van der Waals surface area (Å²) >= 11 is 0. The van der Waals surface area contributed by atoms with Gasteiger partial charge in [-0.1, -0.05) is 19.9 Å². The molecule has 1 aromatic heterocycles. The first-order chi connectivity index (χ1) is 6.33. The Bertz CT molecular complexity index is 234. The summed E-state index contributed by atoms with van der Waals surface area (Å²) in [5.74, 6) is -0.238. The van der Waals surface area contributed by atoms with Crippen molar-refractivity contribution in [1.29, 1.82) is 0 Å². The van der Waals surface area contributed by atoms with Gasteiger partial charge >= 0.3 is 5.97 Å². The molecule has 0 amide bonds. The van der Waals surface area contributed by atoms with Crippen LogP contribution >= 0.6 is 0 Å². The Balaban J connectivity index is 0.000000671. The minimum atomic E-state index is -0.238. The highest BCUT2D eigenvalue weighted by Gasteiger charge is 2.00. The lowest BCUT2D eigenvalue weighted by Crippen LogP contribution is -2.04. The number of hydrogen-bond donors (Lipinski definition) is 0. The van der Waals surface area contributed by atoms with Gasteiger partial charge < -0.3 is 4.74 Å². The molecular formula is C10H15NO2. The fraction of sp³-hybridized carbons (Fsp3) is 0.400. The molecular weight excluding hydrogens is 166 g/mol. The first-order valence-electron chi connectivity index (χ1n) is 4.28. The van der Waals surface area contributed by atoms with E-state index in [1.165, 1.54) is 7.11 Å². The summed E-state index contributed by atoms with van der Waals surface area (Å²) in [7, 11) is 1.37. The van der Waals surface area contributed by atoms with Crippen LogP contribution in [0.3, 0.4) is 0 Å². The average molecular weight is 181 g/mol. The SMILES string of the molecule is CC.COC(=O)Cc1cccnc1. The van der Waals surface area contributed by atoms with Crippen molar-refractivity contribution in [3.05, 3.63) is 30.1 Å². The molecule has 0 saturated heterocycles. The normalized spacial score (nSPS) is 8.23. The molecule has 3 nitrogen and oxygen atoms in total. The van der Waals surface area contributed by atoms with Gasteiger partial charge in [0.15, 0.2) is 0 Å². The Hall–Kier alpha value is -1.38. The maximum atomic E-state index is 10.7. The van der Waals surface area contributed by atoms with Crippen LogP contribution in [0.25, 0.3) is 0 Å². The lowest BCUT2D eigenvalue weighted by atomic mass is 10.2. The van der Waals surface area contributed by atoms with E-state index in [0.717, 1.165) is 5.56 Å². The van der Waals surface area contributed by atoms with Crippen LogP contribution in [-0.4, -0.2) is 18.1 Å². The largest absolute Gasteiger partial charge is 0.469 e. The van der Waals surface area contributed by atoms with Crippen molar-refractivity contribution in [3.8, 4) is 0 Å². The van der Waals surface area contributed by atoms with E-state index < -0.39 is 0 Å². The van der Waals surface area contributed by atoms with Gasteiger partial charge in [0, 0.05) is 12.4 Å². The van der Waals surface area contributed by atoms with Gasteiger partial charge in [0.25, 0.3) is 0 Å². The highest BCUT2D eigenvalue weighted by atomic mass is 16.5. The van der Waals surface area contributed by atoms with Gasteiger partial charge in [0.05, 0.1) is 13.5 Å². The Morgan fingerprint density at radius 2 is 2.23 bits per heavy atom. The summed E-state index contributed by atoms with van der Waals surface area (Å²) in [6, 6.07) is 3.63. The maximum Gasteiger partial charge on any atom is 0.310 e. The van der Waals surface area contributed by atoms with Crippen LogP contribution in [0.5, 0.6) is 0 Å². The van der Waals surface area contributed by atoms with Crippen LogP contribution in [0.1, 0.15) is 19.4 Å². The number of hydrogen-bond acceptors (Lipinski definition) is 3. The van der Waals surface area contributed by atoms with Crippen molar-refractivity contribution in [1.82, 2.24) is 4.98 Å². The molecule has 0 aromatic carbocycles. The summed E-state index contributed by atoms with van der Waals surface area (Å²) in [6.45, 7) is 4.00. The number of nitrogens with zero attached hydrogens (tertiary/aromatic N) is 1. The molecule has 72 valence electrons. The van der Waals surface area contributed by atoms with E-state index in [0.29, 0.717) is 6.42 Å². The minimum Gasteiger partial charge on any atom is -0.469 e. The van der Waals surface area contributed by atoms with Gasteiger partial charge in [-0.25, -0.2) is 0 Å². The van der Waals surface area contributed by atoms with Crippen LogP contribution in [-0.2, 0) is 16.0 Å². The lowest BCUT2D eigenvalue weighted by Gasteiger charge is -1.96. The number of carbonyl (C=O) groups excluding carboxylic acids is 1. The Morgan fingerprint density at radius 3 is 2.69 bits per heavy atom. The smallest absolute Gasteiger partial charge is 0.310 e. The maximum absolute atomic E-state index is 10.7. The fourth-order valence-corrected chi connectivity index (χ4v) is 0.742. The van der Waals surface area contributed by atoms with Crippen molar-refractivity contribution < 1.29 is 9.53 Å². The van der Waals surface area contributed by atoms with Crippen molar-refractivity contribution in [2.75, 3.05) is 7.11 Å². The van der Waals surface area contributed by atoms with E-state index >= 15 is 0 Å². The Morgan fingerprint density at radius 1 is 1.54 bits per heavy atom. The molecule has 1 heterocycles. The zero-order chi connectivity index (χ0) is 10.1. The highest BCUT2D eigenvalue weighted by Crippen LogP contribution is 1.97. The number of methoxy groups -OCH3 is 1. The zero-order valence-electron chi connectivity index (χ0n) is 8.28. The fourth-order valence-electron chi connectivity index (χ4n) is 0.742. The average Bonchev–Trinajstić information content (AvgIpc) is 2.22. The van der Waals surface area contributed by atoms with E-state index in [1.807, 2.05) is 19.9 Å². The van der Waals surface area contributed by atoms with Crippen LogP contribution in [0.4, 0.5) is 0 Å². The molecule has 0 radical (unpaired) electrons. The molecule has 0 aliphatic heterocycles. The van der Waals surface area contributed by atoms with Gasteiger partial charge in [-0.3, -0.25) is 9.78 Å². The molecule has 0 fully saturated rings. The molecule has 13 heavy (non-hydrogen) atoms. The number of ether oxygens (including phenoxy) is 1. The molecule has 0 atom stereocenters. The monoisotopic (exact) mass is 181 g/mol. The van der Waals surface area contributed by atoms with Crippen LogP contribution in [0.2, 0.25) is 0 Å². The van der Waals surface area contributed by atoms with E-state index in [1.54, 1.807) is 18.5 Å². The van der Waals surface area contributed by atoms with Crippen molar-refractivity contribution in [2.24, 2.45) is 0 Å². The summed E-state index contributed by atoms with van der Waals surface area (Å²) in [6.07, 6.45) is 3.61. The quantitative estimate of drug-likeness (QED) is 0.653. The van der Waals surface area contributed by atoms with E-state index in [-0.39, 0.29) is 5.97 Å². The van der Waals surface area contributed by atoms with Gasteiger partial charge in [0.2, 0.25) is 0 Å². The van der Waals surface area contributed by atoms with Crippen molar-refractivity contribution in [2.45, 2.75) is 20.3 Å². The van der Waals surface area contributed by atoms with Crippen LogP contribution in [0.15, 0.2) is 24.5 Å². The summed E-state index contributed by atoms with van der Waals surface area (Å²) in [4.78, 5) is 14.6. The molecule has 1 rings (SSSR count). The second-order valence-corrected chi connectivity index (χ2v) is 2.11. The Labute approximate surface area is 78.8 Å². The molecule has 0 saturated carbocycles. The first kappa shape index (κ1) is 11.6. The van der Waals surface area contributed by atoms with E-state index in [9.17, 15) is 4.79 Å². The predicted octanol–water partition coefficient (Wildman–Crippen LogP) is 1.82. The van der Waals surface area contributed by atoms with E-state index in [4.69, 9.17) is 0 Å². The molecule has 0 spiro atoms. The molecule has 0 unspecified atom stereocenters. The second-order valence-electron chi connectivity index (χ2n) is 2.11. The molecule has 0 aliphatic carbocycles. The van der Waals surface area contributed by atoms with Crippen molar-refractivity contribution in [3.63, 3.8) is 0 Å². The van der Waals surface area contributed by atoms with E-state index in [2.05, 4.69) is 9.72 Å². The van der Waals surface area contributed by atoms with Crippen LogP contribution < -0.4 is 0 Å². The lowest BCUT2D eigenvalue weighted by molar-refractivity contribution is -0.139. The third kappa shape index (κ3) is 4.95.